The molecule has 0 fully saturated rings. The van der Waals surface area contributed by atoms with E-state index >= 15 is 0 Å². The van der Waals surface area contributed by atoms with Gasteiger partial charge in [-0.15, -0.1) is 0 Å². The molecule has 3 aromatic rings. The van der Waals surface area contributed by atoms with Crippen LogP contribution in [0.1, 0.15) is 36.1 Å². The third kappa shape index (κ3) is 8.70. The molecule has 6 nitrogen and oxygen atoms in total. The molecule has 0 saturated heterocycles. The number of ether oxygens (including phenoxy) is 3. The van der Waals surface area contributed by atoms with Crippen molar-refractivity contribution in [1.29, 1.82) is 0 Å². The van der Waals surface area contributed by atoms with E-state index in [2.05, 4.69) is 5.10 Å². The Kier molecular flexibility index (Phi) is 11.2. The van der Waals surface area contributed by atoms with Crippen LogP contribution in [0.3, 0.4) is 0 Å². The Bertz CT molecular complexity index is 1320. The minimum atomic E-state index is -4.72. The molecule has 3 rings (SSSR count). The predicted molar refractivity (Wildman–Crippen MR) is 141 cm³/mol. The second-order valence-corrected chi connectivity index (χ2v) is 9.51. The van der Waals surface area contributed by atoms with Crippen molar-refractivity contribution in [3.63, 3.8) is 0 Å². The molecule has 0 aliphatic heterocycles. The quantitative estimate of drug-likeness (QED) is 0.108. The molecule has 224 valence electrons. The molecule has 2 aromatic carbocycles. The highest BCUT2D eigenvalue weighted by atomic mass is 35.5. The molecule has 0 radical (unpaired) electrons. The van der Waals surface area contributed by atoms with Gasteiger partial charge in [0, 0.05) is 24.8 Å². The third-order valence-corrected chi connectivity index (χ3v) is 6.51. The number of aldehydes is 1. The van der Waals surface area contributed by atoms with Gasteiger partial charge in [0.25, 0.3) is 0 Å². The van der Waals surface area contributed by atoms with Crippen molar-refractivity contribution in [2.24, 2.45) is 7.05 Å². The molecule has 0 atom stereocenters. The van der Waals surface area contributed by atoms with E-state index in [-0.39, 0.29) is 30.2 Å². The molecule has 0 aliphatic carbocycles. The Morgan fingerprint density at radius 3 is 2.27 bits per heavy atom. The van der Waals surface area contributed by atoms with E-state index < -0.39 is 28.6 Å². The molecular weight excluding hydrogens is 578 g/mol. The predicted octanol–water partition coefficient (Wildman–Crippen LogP) is 7.53. The fourth-order valence-electron chi connectivity index (χ4n) is 4.22. The highest BCUT2D eigenvalue weighted by molar-refractivity contribution is 6.31. The molecule has 1 heterocycles. The Balaban J connectivity index is 1.84. The Hall–Kier alpha value is -3.09. The van der Waals surface area contributed by atoms with E-state index in [1.807, 2.05) is 0 Å². The van der Waals surface area contributed by atoms with Crippen LogP contribution >= 0.6 is 11.6 Å². The number of benzene rings is 2. The summed E-state index contributed by atoms with van der Waals surface area (Å²) in [7, 11) is 1.36. The molecule has 0 amide bonds. The Morgan fingerprint density at radius 1 is 0.902 bits per heavy atom. The molecule has 0 aliphatic rings. The van der Waals surface area contributed by atoms with Crippen molar-refractivity contribution < 1.29 is 45.3 Å². The molecule has 41 heavy (non-hydrogen) atoms. The van der Waals surface area contributed by atoms with E-state index in [9.17, 15) is 31.1 Å². The van der Waals surface area contributed by atoms with Crippen molar-refractivity contribution in [2.75, 3.05) is 33.0 Å². The maximum absolute atomic E-state index is 13.6. The van der Waals surface area contributed by atoms with Gasteiger partial charge >= 0.3 is 12.4 Å². The first-order valence-corrected chi connectivity index (χ1v) is 13.1. The van der Waals surface area contributed by atoms with Crippen LogP contribution < -0.4 is 4.74 Å². The summed E-state index contributed by atoms with van der Waals surface area (Å²) in [5.74, 6) is 0.281. The fraction of sp³-hybridized carbons (Fsp3) is 0.429. The van der Waals surface area contributed by atoms with Gasteiger partial charge in [-0.2, -0.15) is 31.4 Å². The Morgan fingerprint density at radius 2 is 1.61 bits per heavy atom. The number of aryl methyl sites for hydroxylation is 1. The number of unbranched alkanes of at least 4 members (excludes halogenated alkanes) is 2. The zero-order chi connectivity index (χ0) is 30.2. The number of hydrogen-bond acceptors (Lipinski definition) is 5. The lowest BCUT2D eigenvalue weighted by atomic mass is 9.92. The van der Waals surface area contributed by atoms with Gasteiger partial charge in [-0.3, -0.25) is 4.68 Å². The molecule has 1 aromatic heterocycles. The average molecular weight is 607 g/mol. The van der Waals surface area contributed by atoms with E-state index in [1.165, 1.54) is 19.2 Å². The maximum atomic E-state index is 13.6. The molecule has 0 spiro atoms. The molecule has 0 unspecified atom stereocenters. The first-order valence-electron chi connectivity index (χ1n) is 12.7. The minimum Gasteiger partial charge on any atom is -0.493 e. The van der Waals surface area contributed by atoms with E-state index in [4.69, 9.17) is 25.8 Å². The molecular formula is C28H29ClF6N2O4. The van der Waals surface area contributed by atoms with Crippen LogP contribution in [0.4, 0.5) is 26.3 Å². The number of carbonyl (C=O) groups excluding carboxylic acids is 1. The van der Waals surface area contributed by atoms with Crippen LogP contribution in [0.25, 0.3) is 22.4 Å². The van der Waals surface area contributed by atoms with Gasteiger partial charge in [0.1, 0.15) is 18.6 Å². The van der Waals surface area contributed by atoms with E-state index in [0.29, 0.717) is 49.2 Å². The number of rotatable bonds is 14. The smallest absolute Gasteiger partial charge is 0.435 e. The molecule has 0 bridgehead atoms. The van der Waals surface area contributed by atoms with Gasteiger partial charge in [0.15, 0.2) is 5.69 Å². The zero-order valence-electron chi connectivity index (χ0n) is 22.4. The second kappa shape index (κ2) is 14.2. The maximum Gasteiger partial charge on any atom is 0.435 e. The van der Waals surface area contributed by atoms with Crippen LogP contribution in [0, 0.1) is 6.92 Å². The number of nitrogens with zero attached hydrogens (tertiary/aromatic N) is 2. The van der Waals surface area contributed by atoms with Crippen molar-refractivity contribution in [2.45, 2.75) is 38.5 Å². The Labute approximate surface area is 238 Å². The standard InChI is InChI=1S/C28H29ClF6N2O4/c1-18-20(23-17-25(28(33,34)35)36-37(23)2)7-9-24(41-12-5-3-4-11-39-14-15-40-13-10-38)26(18)19-6-8-22(29)21(16-19)27(30,31)32/h6-10,16-17H,3-5,11-15H2,1-2H3. The van der Waals surface area contributed by atoms with Gasteiger partial charge in [0.05, 0.1) is 36.1 Å². The van der Waals surface area contributed by atoms with Crippen LogP contribution in [0.5, 0.6) is 5.75 Å². The number of halogens is 7. The van der Waals surface area contributed by atoms with Gasteiger partial charge < -0.3 is 19.0 Å². The largest absolute Gasteiger partial charge is 0.493 e. The normalized spacial score (nSPS) is 12.1. The lowest BCUT2D eigenvalue weighted by molar-refractivity contribution is -0.141. The van der Waals surface area contributed by atoms with Gasteiger partial charge in [0.2, 0.25) is 0 Å². The lowest BCUT2D eigenvalue weighted by Gasteiger charge is -2.19. The number of carbonyl (C=O) groups is 1. The van der Waals surface area contributed by atoms with Crippen LogP contribution in [-0.4, -0.2) is 49.1 Å². The number of alkyl halides is 6. The first kappa shape index (κ1) is 32.4. The van der Waals surface area contributed by atoms with Gasteiger partial charge in [-0.1, -0.05) is 17.7 Å². The minimum absolute atomic E-state index is 0.0212. The van der Waals surface area contributed by atoms with Gasteiger partial charge in [-0.25, -0.2) is 0 Å². The number of hydrogen-bond donors (Lipinski definition) is 0. The topological polar surface area (TPSA) is 62.6 Å². The lowest BCUT2D eigenvalue weighted by Crippen LogP contribution is -2.07. The third-order valence-electron chi connectivity index (χ3n) is 6.18. The summed E-state index contributed by atoms with van der Waals surface area (Å²) in [6.07, 6.45) is -6.62. The van der Waals surface area contributed by atoms with Crippen molar-refractivity contribution >= 4 is 17.9 Å². The molecule has 0 N–H and O–H groups in total. The van der Waals surface area contributed by atoms with Crippen LogP contribution in [-0.2, 0) is 33.7 Å². The summed E-state index contributed by atoms with van der Waals surface area (Å²) in [5.41, 5.74) is -0.749. The van der Waals surface area contributed by atoms with Crippen molar-refractivity contribution in [1.82, 2.24) is 9.78 Å². The summed E-state index contributed by atoms with van der Waals surface area (Å²) < 4.78 is 98.3. The summed E-state index contributed by atoms with van der Waals surface area (Å²) in [4.78, 5) is 10.2. The first-order chi connectivity index (χ1) is 19.3. The van der Waals surface area contributed by atoms with Crippen LogP contribution in [0.2, 0.25) is 5.02 Å². The summed E-state index contributed by atoms with van der Waals surface area (Å²) in [5, 5.41) is 3.08. The summed E-state index contributed by atoms with van der Waals surface area (Å²) in [6.45, 7) is 3.04. The molecule has 13 heteroatoms. The zero-order valence-corrected chi connectivity index (χ0v) is 23.1. The number of aromatic nitrogens is 2. The second-order valence-electron chi connectivity index (χ2n) is 9.10. The van der Waals surface area contributed by atoms with E-state index in [1.54, 1.807) is 13.0 Å². The highest BCUT2D eigenvalue weighted by Gasteiger charge is 2.36. The van der Waals surface area contributed by atoms with E-state index in [0.717, 1.165) is 35.7 Å². The fourth-order valence-corrected chi connectivity index (χ4v) is 4.44. The SMILES string of the molecule is Cc1c(-c2cc(C(F)(F)F)nn2C)ccc(OCCCCCOCCOCC=O)c1-c1ccc(Cl)c(C(F)(F)F)c1. The van der Waals surface area contributed by atoms with Crippen LogP contribution in [0.15, 0.2) is 36.4 Å². The average Bonchev–Trinajstić information content (AvgIpc) is 3.29. The highest BCUT2D eigenvalue weighted by Crippen LogP contribution is 2.43. The van der Waals surface area contributed by atoms with Crippen molar-refractivity contribution in [3.05, 3.63) is 58.2 Å². The van der Waals surface area contributed by atoms with Crippen molar-refractivity contribution in [3.8, 4) is 28.1 Å². The summed E-state index contributed by atoms with van der Waals surface area (Å²) >= 11 is 5.83. The van der Waals surface area contributed by atoms with Gasteiger partial charge in [-0.05, 0) is 67.6 Å². The molecule has 0 saturated carbocycles. The summed E-state index contributed by atoms with van der Waals surface area (Å²) in [6, 6.07) is 7.44. The monoisotopic (exact) mass is 606 g/mol.